The highest BCUT2D eigenvalue weighted by atomic mass is 19.4. The van der Waals surface area contributed by atoms with Crippen LogP contribution in [-0.4, -0.2) is 17.4 Å². The normalized spacial score (nSPS) is 13.3. The maximum atomic E-state index is 12.9. The summed E-state index contributed by atoms with van der Waals surface area (Å²) in [5.41, 5.74) is 3.82. The molecule has 5 rings (SSSR count). The molecule has 2 heterocycles. The predicted molar refractivity (Wildman–Crippen MR) is 123 cm³/mol. The molecule has 3 aromatic carbocycles. The summed E-state index contributed by atoms with van der Waals surface area (Å²) in [6.45, 7) is 2.82. The minimum Gasteiger partial charge on any atom is -0.326 e. The van der Waals surface area contributed by atoms with Gasteiger partial charge in [0, 0.05) is 28.9 Å². The van der Waals surface area contributed by atoms with E-state index >= 15 is 0 Å². The van der Waals surface area contributed by atoms with E-state index in [1.807, 2.05) is 19.1 Å². The average molecular weight is 447 g/mol. The van der Waals surface area contributed by atoms with Gasteiger partial charge in [-0.25, -0.2) is 4.98 Å². The highest BCUT2D eigenvalue weighted by Crippen LogP contribution is 2.35. The molecule has 0 atom stereocenters. The number of alkyl halides is 3. The van der Waals surface area contributed by atoms with Gasteiger partial charge in [-0.15, -0.1) is 0 Å². The number of pyridine rings is 1. The number of halogens is 3. The summed E-state index contributed by atoms with van der Waals surface area (Å²) < 4.78 is 38.7. The number of fused-ring (bicyclic) bond motifs is 2. The first-order valence-electron chi connectivity index (χ1n) is 10.5. The van der Waals surface area contributed by atoms with Gasteiger partial charge in [-0.3, -0.25) is 4.79 Å². The molecule has 1 aromatic heterocycles. The molecular weight excluding hydrogens is 427 g/mol. The Labute approximate surface area is 188 Å². The van der Waals surface area contributed by atoms with Gasteiger partial charge in [0.1, 0.15) is 5.82 Å². The summed E-state index contributed by atoms with van der Waals surface area (Å²) in [5, 5.41) is 3.65. The van der Waals surface area contributed by atoms with Crippen molar-refractivity contribution in [2.24, 2.45) is 0 Å². The van der Waals surface area contributed by atoms with E-state index in [4.69, 9.17) is 4.98 Å². The van der Waals surface area contributed by atoms with Crippen LogP contribution in [0.2, 0.25) is 0 Å². The molecule has 33 heavy (non-hydrogen) atoms. The van der Waals surface area contributed by atoms with E-state index in [1.165, 1.54) is 17.7 Å². The Kier molecular flexibility index (Phi) is 5.04. The minimum atomic E-state index is -4.47. The lowest BCUT2D eigenvalue weighted by atomic mass is 10.1. The largest absolute Gasteiger partial charge is 0.416 e. The summed E-state index contributed by atoms with van der Waals surface area (Å²) in [4.78, 5) is 19.6. The molecule has 0 saturated carbocycles. The van der Waals surface area contributed by atoms with Gasteiger partial charge in [0.05, 0.1) is 11.1 Å². The Morgan fingerprint density at radius 1 is 1.00 bits per heavy atom. The third kappa shape index (κ3) is 4.14. The van der Waals surface area contributed by atoms with E-state index in [1.54, 1.807) is 12.1 Å². The quantitative estimate of drug-likeness (QED) is 0.390. The van der Waals surface area contributed by atoms with Crippen molar-refractivity contribution >= 4 is 34.0 Å². The molecule has 1 N–H and O–H groups in total. The van der Waals surface area contributed by atoms with Crippen LogP contribution in [0.3, 0.4) is 0 Å². The van der Waals surface area contributed by atoms with Gasteiger partial charge in [-0.1, -0.05) is 18.2 Å². The van der Waals surface area contributed by atoms with Crippen molar-refractivity contribution in [3.8, 4) is 0 Å². The maximum Gasteiger partial charge on any atom is 0.416 e. The molecule has 0 radical (unpaired) electrons. The van der Waals surface area contributed by atoms with Crippen molar-refractivity contribution in [2.75, 3.05) is 16.8 Å². The molecule has 7 heteroatoms. The molecule has 0 aliphatic carbocycles. The zero-order valence-corrected chi connectivity index (χ0v) is 17.8. The van der Waals surface area contributed by atoms with E-state index < -0.39 is 17.6 Å². The number of carbonyl (C=O) groups is 1. The molecule has 4 aromatic rings. The van der Waals surface area contributed by atoms with Crippen molar-refractivity contribution in [3.63, 3.8) is 0 Å². The molecule has 166 valence electrons. The van der Waals surface area contributed by atoms with E-state index in [0.717, 1.165) is 53.1 Å². The zero-order valence-electron chi connectivity index (χ0n) is 17.8. The van der Waals surface area contributed by atoms with E-state index in [-0.39, 0.29) is 5.69 Å². The zero-order chi connectivity index (χ0) is 23.2. The standard InChI is InChI=1S/C26H20F3N3O/c1-16-5-6-18-14-19-11-12-32(24(19)31-23(18)13-16)22-9-7-17(8-10-22)25(33)30-21-4-2-3-20(15-21)26(27,28)29/h2-10,13-15H,11-12H2,1H3,(H,30,33). The summed E-state index contributed by atoms with van der Waals surface area (Å²) in [5.74, 6) is 0.441. The monoisotopic (exact) mass is 447 g/mol. The van der Waals surface area contributed by atoms with Gasteiger partial charge >= 0.3 is 6.18 Å². The van der Waals surface area contributed by atoms with Crippen molar-refractivity contribution < 1.29 is 18.0 Å². The first-order chi connectivity index (χ1) is 15.8. The first-order valence-corrected chi connectivity index (χ1v) is 10.5. The van der Waals surface area contributed by atoms with Crippen LogP contribution < -0.4 is 10.2 Å². The van der Waals surface area contributed by atoms with Gasteiger partial charge in [0.15, 0.2) is 0 Å². The molecular formula is C26H20F3N3O. The Balaban J connectivity index is 1.36. The lowest BCUT2D eigenvalue weighted by Crippen LogP contribution is -2.16. The van der Waals surface area contributed by atoms with E-state index in [9.17, 15) is 18.0 Å². The summed E-state index contributed by atoms with van der Waals surface area (Å²) in [7, 11) is 0. The smallest absolute Gasteiger partial charge is 0.326 e. The van der Waals surface area contributed by atoms with Crippen LogP contribution in [0, 0.1) is 6.92 Å². The fraction of sp³-hybridized carbons (Fsp3) is 0.154. The third-order valence-corrected chi connectivity index (χ3v) is 5.78. The number of carbonyl (C=O) groups excluding carboxylic acids is 1. The lowest BCUT2D eigenvalue weighted by molar-refractivity contribution is -0.137. The number of aryl methyl sites for hydroxylation is 1. The SMILES string of the molecule is Cc1ccc2cc3c(nc2c1)N(c1ccc(C(=O)Nc2cccc(C(F)(F)F)c2)cc1)CC3. The second-order valence-electron chi connectivity index (χ2n) is 8.15. The van der Waals surface area contributed by atoms with Crippen molar-refractivity contribution in [1.82, 2.24) is 4.98 Å². The molecule has 4 nitrogen and oxygen atoms in total. The van der Waals surface area contributed by atoms with Crippen LogP contribution >= 0.6 is 0 Å². The first kappa shape index (κ1) is 21.0. The number of nitrogens with zero attached hydrogens (tertiary/aromatic N) is 2. The summed E-state index contributed by atoms with van der Waals surface area (Å²) in [6.07, 6.45) is -3.59. The highest BCUT2D eigenvalue weighted by molar-refractivity contribution is 6.04. The van der Waals surface area contributed by atoms with Gasteiger partial charge in [0.25, 0.3) is 5.91 Å². The molecule has 0 unspecified atom stereocenters. The van der Waals surface area contributed by atoms with E-state index in [2.05, 4.69) is 34.5 Å². The number of hydrogen-bond donors (Lipinski definition) is 1. The van der Waals surface area contributed by atoms with Gasteiger partial charge < -0.3 is 10.2 Å². The lowest BCUT2D eigenvalue weighted by Gasteiger charge is -2.19. The second-order valence-corrected chi connectivity index (χ2v) is 8.15. The molecule has 0 fully saturated rings. The second kappa shape index (κ2) is 7.92. The van der Waals surface area contributed by atoms with Crippen LogP contribution in [0.1, 0.15) is 27.0 Å². The number of nitrogens with one attached hydrogen (secondary N) is 1. The fourth-order valence-electron chi connectivity index (χ4n) is 4.09. The third-order valence-electron chi connectivity index (χ3n) is 5.78. The number of hydrogen-bond acceptors (Lipinski definition) is 3. The number of rotatable bonds is 3. The van der Waals surface area contributed by atoms with Crippen LogP contribution in [-0.2, 0) is 12.6 Å². The molecule has 0 spiro atoms. The Hall–Kier alpha value is -3.87. The van der Waals surface area contributed by atoms with Gasteiger partial charge in [0.2, 0.25) is 0 Å². The predicted octanol–water partition coefficient (Wildman–Crippen LogP) is 6.51. The molecule has 1 aliphatic rings. The Morgan fingerprint density at radius 3 is 2.55 bits per heavy atom. The van der Waals surface area contributed by atoms with Gasteiger partial charge in [-0.2, -0.15) is 13.2 Å². The van der Waals surface area contributed by atoms with Crippen molar-refractivity contribution in [3.05, 3.63) is 95.1 Å². The van der Waals surface area contributed by atoms with Crippen LogP contribution in [0.25, 0.3) is 10.9 Å². The number of anilines is 3. The van der Waals surface area contributed by atoms with Crippen molar-refractivity contribution in [1.29, 1.82) is 0 Å². The number of amides is 1. The van der Waals surface area contributed by atoms with Crippen LogP contribution in [0.15, 0.2) is 72.8 Å². The highest BCUT2D eigenvalue weighted by Gasteiger charge is 2.30. The topological polar surface area (TPSA) is 45.2 Å². The molecule has 0 saturated heterocycles. The average Bonchev–Trinajstić information content (AvgIpc) is 3.20. The van der Waals surface area contributed by atoms with E-state index in [0.29, 0.717) is 5.56 Å². The Bertz CT molecular complexity index is 1360. The summed E-state index contributed by atoms with van der Waals surface area (Å²) >= 11 is 0. The van der Waals surface area contributed by atoms with Crippen molar-refractivity contribution in [2.45, 2.75) is 19.5 Å². The minimum absolute atomic E-state index is 0.0961. The Morgan fingerprint density at radius 2 is 1.79 bits per heavy atom. The van der Waals surface area contributed by atoms with Gasteiger partial charge in [-0.05, 0) is 79.1 Å². The van der Waals surface area contributed by atoms with Crippen LogP contribution in [0.4, 0.5) is 30.4 Å². The maximum absolute atomic E-state index is 12.9. The van der Waals surface area contributed by atoms with Crippen LogP contribution in [0.5, 0.6) is 0 Å². The summed E-state index contributed by atoms with van der Waals surface area (Å²) in [6, 6.07) is 20.0. The number of benzene rings is 3. The molecule has 1 aliphatic heterocycles. The number of aromatic nitrogens is 1. The molecule has 1 amide bonds. The molecule has 0 bridgehead atoms. The fourth-order valence-corrected chi connectivity index (χ4v) is 4.09.